The van der Waals surface area contributed by atoms with Crippen LogP contribution >= 0.6 is 45.3 Å². The van der Waals surface area contributed by atoms with Crippen molar-refractivity contribution in [2.45, 2.75) is 13.8 Å². The van der Waals surface area contributed by atoms with Crippen molar-refractivity contribution in [2.24, 2.45) is 0 Å². The van der Waals surface area contributed by atoms with Crippen LogP contribution in [-0.2, 0) is 0 Å². The fraction of sp³-hybridized carbons (Fsp3) is 0.0476. The number of Topliss-reactive ketones (excluding diaryl/α,β-unsaturated/α-hetero) is 2. The van der Waals surface area contributed by atoms with Gasteiger partial charge < -0.3 is 0 Å². The Morgan fingerprint density at radius 2 is 0.885 bits per heavy atom. The van der Waals surface area contributed by atoms with E-state index in [0.29, 0.717) is 44.5 Å². The number of benzene rings is 2. The van der Waals surface area contributed by atoms with E-state index < -0.39 is 0 Å². The summed E-state index contributed by atoms with van der Waals surface area (Å²) in [5, 5.41) is 38.8. The van der Waals surface area contributed by atoms with E-state index in [1.165, 1.54) is 9.40 Å². The molecule has 8 rings (SSSR count). The molecule has 2 aromatic carbocycles. The molecule has 0 saturated carbocycles. The Morgan fingerprint density at radius 1 is 0.519 bits per heavy atom. The molecule has 6 nitrogen and oxygen atoms in total. The Hall–Kier alpha value is -6.24. The summed E-state index contributed by atoms with van der Waals surface area (Å²) in [4.78, 5) is 33.0. The molecule has 0 fully saturated rings. The zero-order valence-electron chi connectivity index (χ0n) is 27.3. The average molecular weight is 741 g/mol. The Bertz CT molecular complexity index is 2680. The lowest BCUT2D eigenvalue weighted by molar-refractivity contribution is 0.103. The highest BCUT2D eigenvalue weighted by Gasteiger charge is 2.34. The number of aryl methyl sites for hydroxylation is 2. The van der Waals surface area contributed by atoms with E-state index in [0.717, 1.165) is 40.4 Å². The highest BCUT2D eigenvalue weighted by atomic mass is 32.1. The van der Waals surface area contributed by atoms with E-state index in [-0.39, 0.29) is 22.7 Å². The van der Waals surface area contributed by atoms with Crippen molar-refractivity contribution in [2.75, 3.05) is 0 Å². The predicted octanol–water partition coefficient (Wildman–Crippen LogP) is 11.2. The maximum Gasteiger partial charge on any atom is 0.194 e. The van der Waals surface area contributed by atoms with E-state index in [9.17, 15) is 30.6 Å². The van der Waals surface area contributed by atoms with E-state index in [1.54, 1.807) is 106 Å². The van der Waals surface area contributed by atoms with Gasteiger partial charge in [0.05, 0.1) is 9.40 Å². The molecule has 0 aliphatic heterocycles. The number of fused-ring (bicyclic) bond motifs is 3. The molecule has 244 valence electrons. The predicted molar refractivity (Wildman–Crippen MR) is 210 cm³/mol. The molecule has 0 spiro atoms. The molecule has 6 aromatic rings. The first-order valence-corrected chi connectivity index (χ1v) is 19.1. The molecule has 0 atom stereocenters. The molecular weight excluding hydrogens is 721 g/mol. The van der Waals surface area contributed by atoms with Crippen LogP contribution in [0.5, 0.6) is 0 Å². The minimum Gasteiger partial charge on any atom is -0.289 e. The average Bonchev–Trinajstić information content (AvgIpc) is 4.00. The van der Waals surface area contributed by atoms with Crippen LogP contribution in [0.25, 0.3) is 53.6 Å². The number of hydrogen-bond acceptors (Lipinski definition) is 10. The zero-order chi connectivity index (χ0) is 36.3. The number of nitriles is 4. The summed E-state index contributed by atoms with van der Waals surface area (Å²) in [7, 11) is 0. The van der Waals surface area contributed by atoms with Crippen LogP contribution in [0, 0.1) is 59.2 Å². The quantitative estimate of drug-likeness (QED) is 0.131. The van der Waals surface area contributed by atoms with Crippen LogP contribution in [0.1, 0.15) is 51.4 Å². The standard InChI is InChI=1S/C42H20N4O2S4/c1-21-35(33-13-11-25(51-33)15-31-37(23(17-43)18-44)27-7-3-5-9-29(27)39(31)47)41-42(49-21)36(22(2)50-41)34-14-12-26(52-34)16-32-38(24(19-45)20-46)28-8-4-6-10-30(28)40(32)48/h3-16H,1-2H3/b31-15-,32-16-. The number of carbonyl (C=O) groups is 2. The maximum absolute atomic E-state index is 13.5. The van der Waals surface area contributed by atoms with Crippen LogP contribution in [0.4, 0.5) is 0 Å². The number of ketones is 2. The van der Waals surface area contributed by atoms with Gasteiger partial charge in [-0.05, 0) is 61.4 Å². The van der Waals surface area contributed by atoms with Gasteiger partial charge in [0.1, 0.15) is 35.4 Å². The minimum absolute atomic E-state index is 0.0860. The first-order valence-electron chi connectivity index (χ1n) is 15.8. The van der Waals surface area contributed by atoms with Crippen LogP contribution in [-0.4, -0.2) is 11.6 Å². The van der Waals surface area contributed by atoms with Crippen LogP contribution in [0.15, 0.2) is 95.1 Å². The van der Waals surface area contributed by atoms with Gasteiger partial charge in [0.25, 0.3) is 0 Å². The smallest absolute Gasteiger partial charge is 0.194 e. The first-order chi connectivity index (χ1) is 25.3. The lowest BCUT2D eigenvalue weighted by atomic mass is 9.99. The van der Waals surface area contributed by atoms with Gasteiger partial charge in [0, 0.05) is 73.8 Å². The van der Waals surface area contributed by atoms with Crippen LogP contribution in [0.3, 0.4) is 0 Å². The highest BCUT2D eigenvalue weighted by Crippen LogP contribution is 2.52. The van der Waals surface area contributed by atoms with Gasteiger partial charge in [-0.1, -0.05) is 48.5 Å². The van der Waals surface area contributed by atoms with Gasteiger partial charge in [-0.2, -0.15) is 21.0 Å². The Kier molecular flexibility index (Phi) is 8.12. The van der Waals surface area contributed by atoms with Crippen molar-refractivity contribution in [3.63, 3.8) is 0 Å². The summed E-state index contributed by atoms with van der Waals surface area (Å²) in [6.07, 6.45) is 3.58. The zero-order valence-corrected chi connectivity index (χ0v) is 30.6. The van der Waals surface area contributed by atoms with Crippen LogP contribution < -0.4 is 0 Å². The molecule has 4 aromatic heterocycles. The second kappa shape index (κ2) is 12.8. The molecule has 0 radical (unpaired) electrons. The fourth-order valence-electron chi connectivity index (χ4n) is 6.83. The number of carbonyl (C=O) groups excluding carboxylic acids is 2. The highest BCUT2D eigenvalue weighted by molar-refractivity contribution is 7.31. The van der Waals surface area contributed by atoms with Gasteiger partial charge in [0.2, 0.25) is 0 Å². The number of nitrogens with zero attached hydrogens (tertiary/aromatic N) is 4. The van der Waals surface area contributed by atoms with Gasteiger partial charge in [-0.3, -0.25) is 9.59 Å². The summed E-state index contributed by atoms with van der Waals surface area (Å²) >= 11 is 6.58. The summed E-state index contributed by atoms with van der Waals surface area (Å²) in [6, 6.07) is 30.1. The van der Waals surface area contributed by atoms with Gasteiger partial charge >= 0.3 is 0 Å². The number of rotatable bonds is 4. The number of thiophene rings is 4. The molecule has 0 saturated heterocycles. The molecule has 0 bridgehead atoms. The van der Waals surface area contributed by atoms with E-state index in [1.807, 2.05) is 36.4 Å². The van der Waals surface area contributed by atoms with Gasteiger partial charge in [0.15, 0.2) is 11.6 Å². The lowest BCUT2D eigenvalue weighted by Gasteiger charge is -2.01. The Morgan fingerprint density at radius 3 is 1.25 bits per heavy atom. The summed E-state index contributed by atoms with van der Waals surface area (Å²) in [5.41, 5.74) is 5.74. The fourth-order valence-corrected chi connectivity index (χ4v) is 11.9. The van der Waals surface area contributed by atoms with E-state index in [2.05, 4.69) is 26.0 Å². The third-order valence-corrected chi connectivity index (χ3v) is 13.5. The first kappa shape index (κ1) is 32.9. The van der Waals surface area contributed by atoms with Crippen molar-refractivity contribution in [1.29, 1.82) is 21.0 Å². The topological polar surface area (TPSA) is 129 Å². The molecule has 10 heteroatoms. The maximum atomic E-state index is 13.5. The summed E-state index contributed by atoms with van der Waals surface area (Å²) in [5.74, 6) is -0.404. The van der Waals surface area contributed by atoms with Crippen molar-refractivity contribution in [3.05, 3.63) is 137 Å². The minimum atomic E-state index is -0.202. The van der Waals surface area contributed by atoms with Crippen molar-refractivity contribution >= 4 is 89.6 Å². The van der Waals surface area contributed by atoms with Crippen molar-refractivity contribution in [3.8, 4) is 45.2 Å². The van der Waals surface area contributed by atoms with E-state index in [4.69, 9.17) is 0 Å². The Labute approximate surface area is 314 Å². The number of hydrogen-bond donors (Lipinski definition) is 0. The second-order valence-corrected chi connectivity index (χ2v) is 16.6. The largest absolute Gasteiger partial charge is 0.289 e. The monoisotopic (exact) mass is 740 g/mol. The molecule has 0 unspecified atom stereocenters. The molecule has 52 heavy (non-hydrogen) atoms. The van der Waals surface area contributed by atoms with Gasteiger partial charge in [-0.25, -0.2) is 0 Å². The molecule has 2 aliphatic rings. The third-order valence-electron chi connectivity index (χ3n) is 9.05. The molecule has 4 heterocycles. The van der Waals surface area contributed by atoms with Crippen LogP contribution in [0.2, 0.25) is 0 Å². The SMILES string of the molecule is Cc1sc2c(-c3ccc(/C=C4\C(=O)c5ccccc5C4=C(C#N)C#N)s3)c(C)sc2c1-c1ccc(/C=C2\C(=O)c3ccccc3C2=C(C#N)C#N)s1. The third kappa shape index (κ3) is 5.06. The molecule has 0 N–H and O–H groups in total. The molecule has 2 aliphatic carbocycles. The molecule has 0 amide bonds. The van der Waals surface area contributed by atoms with Crippen molar-refractivity contribution in [1.82, 2.24) is 0 Å². The normalized spacial score (nSPS) is 14.7. The number of allylic oxidation sites excluding steroid dienone is 6. The Balaban J connectivity index is 1.17. The lowest BCUT2D eigenvalue weighted by Crippen LogP contribution is -1.95. The van der Waals surface area contributed by atoms with E-state index >= 15 is 0 Å². The summed E-state index contributed by atoms with van der Waals surface area (Å²) in [6.45, 7) is 4.22. The molecular formula is C42H20N4O2S4. The summed E-state index contributed by atoms with van der Waals surface area (Å²) < 4.78 is 2.34. The second-order valence-electron chi connectivity index (χ2n) is 11.9. The van der Waals surface area contributed by atoms with Gasteiger partial charge in [-0.15, -0.1) is 45.3 Å². The van der Waals surface area contributed by atoms with Crippen molar-refractivity contribution < 1.29 is 9.59 Å².